The minimum Gasteiger partial charge on any atom is -0.481 e. The molecule has 0 saturated carbocycles. The lowest BCUT2D eigenvalue weighted by atomic mass is 10.2. The van der Waals surface area contributed by atoms with Crippen molar-refractivity contribution >= 4 is 5.91 Å². The average molecular weight is 325 g/mol. The molecule has 7 heteroatoms. The molecule has 4 nitrogen and oxygen atoms in total. The molecule has 0 fully saturated rings. The van der Waals surface area contributed by atoms with Crippen LogP contribution in [0.15, 0.2) is 48.5 Å². The zero-order valence-electron chi connectivity index (χ0n) is 12.1. The number of para-hydroxylation sites is 1. The quantitative estimate of drug-likeness (QED) is 0.911. The van der Waals surface area contributed by atoms with E-state index in [1.54, 1.807) is 0 Å². The van der Waals surface area contributed by atoms with Gasteiger partial charge in [0.2, 0.25) is 0 Å². The summed E-state index contributed by atoms with van der Waals surface area (Å²) >= 11 is 0. The standard InChI is InChI=1S/C16H14F3NO3/c1-10(15(20)21)22-11-6-8-12(9-7-11)23-14-5-3-2-4-13(14)16(17,18)19/h2-10H,1H3,(H2,20,21). The summed E-state index contributed by atoms with van der Waals surface area (Å²) < 4.78 is 49.2. The smallest absolute Gasteiger partial charge is 0.419 e. The number of benzene rings is 2. The van der Waals surface area contributed by atoms with Crippen molar-refractivity contribution in [3.05, 3.63) is 54.1 Å². The first-order valence-corrected chi connectivity index (χ1v) is 6.67. The fourth-order valence-corrected chi connectivity index (χ4v) is 1.77. The van der Waals surface area contributed by atoms with Gasteiger partial charge < -0.3 is 15.2 Å². The Bertz CT molecular complexity index is 684. The van der Waals surface area contributed by atoms with E-state index in [4.69, 9.17) is 15.2 Å². The van der Waals surface area contributed by atoms with Gasteiger partial charge in [0, 0.05) is 0 Å². The van der Waals surface area contributed by atoms with Crippen LogP contribution in [0.3, 0.4) is 0 Å². The summed E-state index contributed by atoms with van der Waals surface area (Å²) in [7, 11) is 0. The van der Waals surface area contributed by atoms with Gasteiger partial charge in [0.05, 0.1) is 5.56 Å². The molecule has 2 rings (SSSR count). The minimum absolute atomic E-state index is 0.209. The van der Waals surface area contributed by atoms with Crippen LogP contribution < -0.4 is 15.2 Å². The SMILES string of the molecule is CC(Oc1ccc(Oc2ccccc2C(F)(F)F)cc1)C(N)=O. The Morgan fingerprint density at radius 2 is 1.61 bits per heavy atom. The Labute approximate surface area is 130 Å². The van der Waals surface area contributed by atoms with E-state index in [2.05, 4.69) is 0 Å². The highest BCUT2D eigenvalue weighted by atomic mass is 19.4. The second-order valence-electron chi connectivity index (χ2n) is 4.73. The molecule has 1 unspecified atom stereocenters. The van der Waals surface area contributed by atoms with Crippen LogP contribution in [-0.2, 0) is 11.0 Å². The number of hydrogen-bond acceptors (Lipinski definition) is 3. The van der Waals surface area contributed by atoms with Gasteiger partial charge in [-0.3, -0.25) is 4.79 Å². The third kappa shape index (κ3) is 4.38. The summed E-state index contributed by atoms with van der Waals surface area (Å²) in [6, 6.07) is 10.8. The van der Waals surface area contributed by atoms with E-state index in [-0.39, 0.29) is 11.5 Å². The molecule has 0 radical (unpaired) electrons. The van der Waals surface area contributed by atoms with Crippen LogP contribution in [0.2, 0.25) is 0 Å². The van der Waals surface area contributed by atoms with Crippen molar-refractivity contribution in [3.63, 3.8) is 0 Å². The predicted molar refractivity (Wildman–Crippen MR) is 77.2 cm³/mol. The Morgan fingerprint density at radius 3 is 2.17 bits per heavy atom. The highest BCUT2D eigenvalue weighted by Crippen LogP contribution is 2.38. The summed E-state index contributed by atoms with van der Waals surface area (Å²) in [6.07, 6.45) is -5.32. The number of nitrogens with two attached hydrogens (primary N) is 1. The van der Waals surface area contributed by atoms with Crippen molar-refractivity contribution in [2.24, 2.45) is 5.73 Å². The molecule has 1 atom stereocenters. The number of alkyl halides is 3. The summed E-state index contributed by atoms with van der Waals surface area (Å²) in [5, 5.41) is 0. The van der Waals surface area contributed by atoms with Crippen LogP contribution in [-0.4, -0.2) is 12.0 Å². The van der Waals surface area contributed by atoms with Crippen molar-refractivity contribution < 1.29 is 27.4 Å². The third-order valence-corrected chi connectivity index (χ3v) is 2.96. The zero-order valence-corrected chi connectivity index (χ0v) is 12.1. The Hall–Kier alpha value is -2.70. The molecular formula is C16H14F3NO3. The highest BCUT2D eigenvalue weighted by Gasteiger charge is 2.34. The van der Waals surface area contributed by atoms with Gasteiger partial charge in [0.1, 0.15) is 17.2 Å². The third-order valence-electron chi connectivity index (χ3n) is 2.96. The normalized spacial score (nSPS) is 12.5. The number of ether oxygens (including phenoxy) is 2. The van der Waals surface area contributed by atoms with Crippen molar-refractivity contribution in [3.8, 4) is 17.2 Å². The van der Waals surface area contributed by atoms with Gasteiger partial charge in [-0.15, -0.1) is 0 Å². The fourth-order valence-electron chi connectivity index (χ4n) is 1.77. The van der Waals surface area contributed by atoms with Crippen molar-refractivity contribution in [2.45, 2.75) is 19.2 Å². The van der Waals surface area contributed by atoms with Crippen LogP contribution >= 0.6 is 0 Å². The molecule has 1 amide bonds. The van der Waals surface area contributed by atoms with E-state index < -0.39 is 23.8 Å². The minimum atomic E-state index is -4.50. The van der Waals surface area contributed by atoms with E-state index >= 15 is 0 Å². The molecule has 0 heterocycles. The first-order chi connectivity index (χ1) is 10.8. The first-order valence-electron chi connectivity index (χ1n) is 6.67. The van der Waals surface area contributed by atoms with Gasteiger partial charge in [-0.1, -0.05) is 12.1 Å². The van der Waals surface area contributed by atoms with Gasteiger partial charge in [-0.25, -0.2) is 0 Å². The van der Waals surface area contributed by atoms with Gasteiger partial charge in [0.15, 0.2) is 6.10 Å². The molecule has 2 aromatic carbocycles. The molecule has 2 aromatic rings. The number of carbonyl (C=O) groups is 1. The number of amides is 1. The largest absolute Gasteiger partial charge is 0.481 e. The van der Waals surface area contributed by atoms with E-state index in [0.717, 1.165) is 6.07 Å². The molecule has 0 saturated heterocycles. The van der Waals surface area contributed by atoms with E-state index in [1.165, 1.54) is 49.4 Å². The lowest BCUT2D eigenvalue weighted by molar-refractivity contribution is -0.138. The van der Waals surface area contributed by atoms with Crippen LogP contribution in [0.25, 0.3) is 0 Å². The summed E-state index contributed by atoms with van der Waals surface area (Å²) in [6.45, 7) is 1.49. The zero-order chi connectivity index (χ0) is 17.0. The average Bonchev–Trinajstić information content (AvgIpc) is 2.48. The van der Waals surface area contributed by atoms with Crippen LogP contribution in [0, 0.1) is 0 Å². The Kier molecular flexibility index (Phi) is 4.78. The predicted octanol–water partition coefficient (Wildman–Crippen LogP) is 3.75. The second kappa shape index (κ2) is 6.60. The molecule has 23 heavy (non-hydrogen) atoms. The molecule has 0 aliphatic carbocycles. The fraction of sp³-hybridized carbons (Fsp3) is 0.188. The molecule has 122 valence electrons. The lowest BCUT2D eigenvalue weighted by Gasteiger charge is -2.14. The summed E-state index contributed by atoms with van der Waals surface area (Å²) in [5.74, 6) is -0.350. The van der Waals surface area contributed by atoms with Gasteiger partial charge in [0.25, 0.3) is 5.91 Å². The topological polar surface area (TPSA) is 61.6 Å². The molecule has 0 bridgehead atoms. The van der Waals surface area contributed by atoms with Gasteiger partial charge >= 0.3 is 6.18 Å². The molecular weight excluding hydrogens is 311 g/mol. The molecule has 0 aliphatic rings. The number of halogens is 3. The maximum absolute atomic E-state index is 12.9. The van der Waals surface area contributed by atoms with E-state index in [9.17, 15) is 18.0 Å². The molecule has 0 spiro atoms. The number of rotatable bonds is 5. The Balaban J connectivity index is 2.15. The van der Waals surface area contributed by atoms with Crippen LogP contribution in [0.1, 0.15) is 12.5 Å². The lowest BCUT2D eigenvalue weighted by Crippen LogP contribution is -2.30. The first kappa shape index (κ1) is 16.7. The molecule has 0 aromatic heterocycles. The summed E-state index contributed by atoms with van der Waals surface area (Å²) in [5.41, 5.74) is 4.22. The number of carbonyl (C=O) groups excluding carboxylic acids is 1. The van der Waals surface area contributed by atoms with E-state index in [0.29, 0.717) is 5.75 Å². The van der Waals surface area contributed by atoms with Gasteiger partial charge in [-0.05, 0) is 43.3 Å². The maximum atomic E-state index is 12.9. The molecule has 2 N–H and O–H groups in total. The number of primary amides is 1. The van der Waals surface area contributed by atoms with Crippen LogP contribution in [0.5, 0.6) is 17.2 Å². The van der Waals surface area contributed by atoms with Gasteiger partial charge in [-0.2, -0.15) is 13.2 Å². The Morgan fingerprint density at radius 1 is 1.04 bits per heavy atom. The summed E-state index contributed by atoms with van der Waals surface area (Å²) in [4.78, 5) is 10.9. The van der Waals surface area contributed by atoms with Crippen molar-refractivity contribution in [1.82, 2.24) is 0 Å². The monoisotopic (exact) mass is 325 g/mol. The van der Waals surface area contributed by atoms with Crippen molar-refractivity contribution in [1.29, 1.82) is 0 Å². The molecule has 0 aliphatic heterocycles. The van der Waals surface area contributed by atoms with Crippen molar-refractivity contribution in [2.75, 3.05) is 0 Å². The second-order valence-corrected chi connectivity index (χ2v) is 4.73. The number of hydrogen-bond donors (Lipinski definition) is 1. The van der Waals surface area contributed by atoms with Crippen LogP contribution in [0.4, 0.5) is 13.2 Å². The van der Waals surface area contributed by atoms with E-state index in [1.807, 2.05) is 0 Å². The maximum Gasteiger partial charge on any atom is 0.419 e. The highest BCUT2D eigenvalue weighted by molar-refractivity contribution is 5.78.